The summed E-state index contributed by atoms with van der Waals surface area (Å²) >= 11 is 1.46. The lowest BCUT2D eigenvalue weighted by Gasteiger charge is -2.28. The van der Waals surface area contributed by atoms with Crippen LogP contribution in [0.3, 0.4) is 0 Å². The van der Waals surface area contributed by atoms with Crippen LogP contribution in [0.5, 0.6) is 5.75 Å². The van der Waals surface area contributed by atoms with Gasteiger partial charge in [-0.15, -0.1) is 5.10 Å². The van der Waals surface area contributed by atoms with E-state index in [0.29, 0.717) is 29.7 Å². The van der Waals surface area contributed by atoms with Gasteiger partial charge in [0, 0.05) is 5.70 Å². The van der Waals surface area contributed by atoms with Crippen molar-refractivity contribution >= 4 is 23.7 Å². The maximum absolute atomic E-state index is 12.6. The fourth-order valence-electron chi connectivity index (χ4n) is 2.99. The van der Waals surface area contributed by atoms with Crippen LogP contribution in [0.1, 0.15) is 31.9 Å². The Labute approximate surface area is 156 Å². The van der Waals surface area contributed by atoms with Crippen molar-refractivity contribution in [2.75, 3.05) is 25.3 Å². The molecule has 8 heteroatoms. The number of rotatable bonds is 6. The van der Waals surface area contributed by atoms with Crippen LogP contribution in [0.4, 0.5) is 5.95 Å². The van der Waals surface area contributed by atoms with E-state index in [-0.39, 0.29) is 5.97 Å². The number of carbonyl (C=O) groups excluding carboxylic acids is 1. The fourth-order valence-corrected chi connectivity index (χ4v) is 3.34. The molecule has 0 fully saturated rings. The number of thioether (sulfide) groups is 1. The van der Waals surface area contributed by atoms with Crippen LogP contribution in [0.2, 0.25) is 0 Å². The van der Waals surface area contributed by atoms with Gasteiger partial charge in [-0.25, -0.2) is 9.48 Å². The Hall–Kier alpha value is -2.48. The third kappa shape index (κ3) is 3.29. The first kappa shape index (κ1) is 18.3. The van der Waals surface area contributed by atoms with Gasteiger partial charge in [0.05, 0.1) is 19.3 Å². The molecule has 2 heterocycles. The second-order valence-corrected chi connectivity index (χ2v) is 6.41. The molecular weight excluding hydrogens is 352 g/mol. The molecular formula is C18H22N4O3S. The zero-order valence-corrected chi connectivity index (χ0v) is 16.1. The van der Waals surface area contributed by atoms with Crippen molar-refractivity contribution in [2.45, 2.75) is 31.5 Å². The maximum atomic E-state index is 12.6. The number of nitrogens with one attached hydrogen (secondary N) is 1. The summed E-state index contributed by atoms with van der Waals surface area (Å²) in [6, 6.07) is 7.28. The van der Waals surface area contributed by atoms with Crippen LogP contribution in [0.25, 0.3) is 0 Å². The van der Waals surface area contributed by atoms with E-state index in [1.165, 1.54) is 18.9 Å². The molecule has 0 amide bonds. The highest BCUT2D eigenvalue weighted by molar-refractivity contribution is 7.98. The van der Waals surface area contributed by atoms with E-state index in [0.717, 1.165) is 17.0 Å². The van der Waals surface area contributed by atoms with Crippen molar-refractivity contribution in [1.29, 1.82) is 0 Å². The predicted octanol–water partition coefficient (Wildman–Crippen LogP) is 3.25. The normalized spacial score (nSPS) is 16.1. The molecule has 1 aromatic heterocycles. The first-order chi connectivity index (χ1) is 12.6. The standard InChI is InChI=1S/C18H22N4O3S/c1-5-13-14(16(23)24-3)15(11-7-9-12(10-8-11)25-6-2)22-17(19-13)20-18(21-22)26-4/h7-10,15H,5-6H2,1-4H3,(H,19,20,21)/t15-/m0/s1. The van der Waals surface area contributed by atoms with E-state index >= 15 is 0 Å². The molecule has 0 saturated carbocycles. The fraction of sp³-hybridized carbons (Fsp3) is 0.389. The Morgan fingerprint density at radius 1 is 1.31 bits per heavy atom. The minimum absolute atomic E-state index is 0.375. The van der Waals surface area contributed by atoms with Crippen LogP contribution in [0, 0.1) is 0 Å². The third-order valence-corrected chi connectivity index (χ3v) is 4.70. The Kier molecular flexibility index (Phi) is 5.51. The number of hydrogen-bond donors (Lipinski definition) is 1. The largest absolute Gasteiger partial charge is 0.494 e. The van der Waals surface area contributed by atoms with Gasteiger partial charge in [0.2, 0.25) is 11.1 Å². The highest BCUT2D eigenvalue weighted by atomic mass is 32.2. The molecule has 0 saturated heterocycles. The van der Waals surface area contributed by atoms with Gasteiger partial charge in [-0.2, -0.15) is 4.98 Å². The van der Waals surface area contributed by atoms with Gasteiger partial charge in [0.15, 0.2) is 0 Å². The van der Waals surface area contributed by atoms with Crippen LogP contribution in [0.15, 0.2) is 40.7 Å². The van der Waals surface area contributed by atoms with Gasteiger partial charge in [-0.1, -0.05) is 30.8 Å². The van der Waals surface area contributed by atoms with Gasteiger partial charge in [-0.3, -0.25) is 0 Å². The Bertz CT molecular complexity index is 829. The maximum Gasteiger partial charge on any atom is 0.338 e. The zero-order valence-electron chi connectivity index (χ0n) is 15.3. The molecule has 1 aliphatic rings. The average molecular weight is 374 g/mol. The summed E-state index contributed by atoms with van der Waals surface area (Å²) in [5.74, 6) is 1.03. The lowest BCUT2D eigenvalue weighted by atomic mass is 9.94. The topological polar surface area (TPSA) is 78.3 Å². The minimum Gasteiger partial charge on any atom is -0.494 e. The smallest absolute Gasteiger partial charge is 0.338 e. The van der Waals surface area contributed by atoms with Crippen molar-refractivity contribution in [1.82, 2.24) is 14.8 Å². The molecule has 0 radical (unpaired) electrons. The molecule has 0 bridgehead atoms. The van der Waals surface area contributed by atoms with Gasteiger partial charge in [0.25, 0.3) is 0 Å². The molecule has 3 rings (SSSR count). The Balaban J connectivity index is 2.14. The second kappa shape index (κ2) is 7.82. The molecule has 1 aromatic carbocycles. The van der Waals surface area contributed by atoms with Gasteiger partial charge < -0.3 is 14.8 Å². The first-order valence-corrected chi connectivity index (χ1v) is 9.67. The lowest BCUT2D eigenvalue weighted by molar-refractivity contribution is -0.136. The third-order valence-electron chi connectivity index (χ3n) is 4.17. The van der Waals surface area contributed by atoms with Gasteiger partial charge in [0.1, 0.15) is 11.8 Å². The van der Waals surface area contributed by atoms with Crippen LogP contribution < -0.4 is 10.1 Å². The van der Waals surface area contributed by atoms with Crippen molar-refractivity contribution in [3.63, 3.8) is 0 Å². The number of esters is 1. The zero-order chi connectivity index (χ0) is 18.7. The minimum atomic E-state index is -0.405. The number of aromatic nitrogens is 3. The number of hydrogen-bond acceptors (Lipinski definition) is 7. The van der Waals surface area contributed by atoms with Crippen LogP contribution in [-0.2, 0) is 9.53 Å². The molecule has 7 nitrogen and oxygen atoms in total. The summed E-state index contributed by atoms with van der Waals surface area (Å²) in [5.41, 5.74) is 2.26. The molecule has 26 heavy (non-hydrogen) atoms. The summed E-state index contributed by atoms with van der Waals surface area (Å²) in [5, 5.41) is 8.43. The Morgan fingerprint density at radius 2 is 2.04 bits per heavy atom. The van der Waals surface area contributed by atoms with E-state index in [1.54, 1.807) is 4.68 Å². The van der Waals surface area contributed by atoms with Crippen molar-refractivity contribution in [3.8, 4) is 5.75 Å². The number of nitrogens with zero attached hydrogens (tertiary/aromatic N) is 3. The molecule has 0 spiro atoms. The van der Waals surface area contributed by atoms with E-state index in [9.17, 15) is 4.79 Å². The van der Waals surface area contributed by atoms with Crippen molar-refractivity contribution < 1.29 is 14.3 Å². The lowest BCUT2D eigenvalue weighted by Crippen LogP contribution is -2.30. The number of ether oxygens (including phenoxy) is 2. The highest BCUT2D eigenvalue weighted by Crippen LogP contribution is 2.37. The van der Waals surface area contributed by atoms with E-state index in [2.05, 4.69) is 15.4 Å². The van der Waals surface area contributed by atoms with Crippen molar-refractivity contribution in [3.05, 3.63) is 41.1 Å². The quantitative estimate of drug-likeness (QED) is 0.614. The summed E-state index contributed by atoms with van der Waals surface area (Å²) in [7, 11) is 1.39. The number of allylic oxidation sites excluding steroid dienone is 1. The van der Waals surface area contributed by atoms with Gasteiger partial charge >= 0.3 is 5.97 Å². The Morgan fingerprint density at radius 3 is 2.62 bits per heavy atom. The summed E-state index contributed by atoms with van der Waals surface area (Å²) < 4.78 is 12.3. The molecule has 2 aromatic rings. The summed E-state index contributed by atoms with van der Waals surface area (Å²) in [6.07, 6.45) is 2.57. The number of methoxy groups -OCH3 is 1. The SMILES string of the molecule is CCOc1ccc([C@H]2C(C(=O)OC)=C(CC)Nc3nc(SC)nn32)cc1. The summed E-state index contributed by atoms with van der Waals surface area (Å²) in [4.78, 5) is 17.1. The molecule has 138 valence electrons. The number of anilines is 1. The summed E-state index contributed by atoms with van der Waals surface area (Å²) in [6.45, 7) is 4.53. The van der Waals surface area contributed by atoms with Gasteiger partial charge in [-0.05, 0) is 37.3 Å². The highest BCUT2D eigenvalue weighted by Gasteiger charge is 2.35. The molecule has 1 aliphatic heterocycles. The van der Waals surface area contributed by atoms with E-state index < -0.39 is 6.04 Å². The number of carbonyl (C=O) groups is 1. The molecule has 1 atom stereocenters. The molecule has 0 aliphatic carbocycles. The number of benzene rings is 1. The molecule has 0 unspecified atom stereocenters. The van der Waals surface area contributed by atoms with E-state index in [1.807, 2.05) is 44.4 Å². The molecule has 1 N–H and O–H groups in total. The van der Waals surface area contributed by atoms with Crippen LogP contribution >= 0.6 is 11.8 Å². The first-order valence-electron chi connectivity index (χ1n) is 8.44. The monoisotopic (exact) mass is 374 g/mol. The average Bonchev–Trinajstić information content (AvgIpc) is 3.09. The van der Waals surface area contributed by atoms with Crippen LogP contribution in [-0.4, -0.2) is 40.7 Å². The predicted molar refractivity (Wildman–Crippen MR) is 101 cm³/mol. The second-order valence-electron chi connectivity index (χ2n) is 5.63. The van der Waals surface area contributed by atoms with E-state index in [4.69, 9.17) is 9.47 Å². The number of fused-ring (bicyclic) bond motifs is 1. The van der Waals surface area contributed by atoms with Crippen molar-refractivity contribution in [2.24, 2.45) is 0 Å².